The zero-order valence-corrected chi connectivity index (χ0v) is 20.7. The fraction of sp³-hybridized carbons (Fsp3) is 0.370. The Balaban J connectivity index is 1.34. The molecular formula is C27H31N7O2. The van der Waals surface area contributed by atoms with Gasteiger partial charge >= 0.3 is 0 Å². The Morgan fingerprint density at radius 2 is 1.92 bits per heavy atom. The highest BCUT2D eigenvalue weighted by molar-refractivity contribution is 5.97. The number of fused-ring (bicyclic) bond motifs is 1. The molecule has 2 amide bonds. The lowest BCUT2D eigenvalue weighted by Gasteiger charge is -2.30. The van der Waals surface area contributed by atoms with Gasteiger partial charge in [-0.05, 0) is 61.2 Å². The van der Waals surface area contributed by atoms with Crippen LogP contribution in [-0.4, -0.2) is 46.4 Å². The first kappa shape index (κ1) is 23.7. The molecule has 1 aliphatic heterocycles. The van der Waals surface area contributed by atoms with Gasteiger partial charge in [0.15, 0.2) is 5.82 Å². The number of carbonyl (C=O) groups is 2. The lowest BCUT2D eigenvalue weighted by Crippen LogP contribution is -2.34. The molecule has 2 N–H and O–H groups in total. The Kier molecular flexibility index (Phi) is 6.79. The largest absolute Gasteiger partial charge is 0.351 e. The number of hydrogen-bond acceptors (Lipinski definition) is 7. The van der Waals surface area contributed by atoms with E-state index in [-0.39, 0.29) is 11.8 Å². The SMILES string of the molecule is Cc1cc(C(=O)NCc2ccncc2)ccc1Nc1ncc2c(n1)N(C1CCCC1)CCC(=O)N2C. The lowest BCUT2D eigenvalue weighted by atomic mass is 10.1. The molecule has 1 saturated carbocycles. The van der Waals surface area contributed by atoms with Crippen LogP contribution in [0.15, 0.2) is 48.9 Å². The van der Waals surface area contributed by atoms with Gasteiger partial charge in [-0.25, -0.2) is 4.98 Å². The lowest BCUT2D eigenvalue weighted by molar-refractivity contribution is -0.118. The molecule has 1 aliphatic carbocycles. The minimum Gasteiger partial charge on any atom is -0.351 e. The number of aryl methyl sites for hydroxylation is 1. The fourth-order valence-corrected chi connectivity index (χ4v) is 4.92. The molecule has 0 spiro atoms. The smallest absolute Gasteiger partial charge is 0.251 e. The molecule has 2 aliphatic rings. The Labute approximate surface area is 211 Å². The molecule has 0 unspecified atom stereocenters. The van der Waals surface area contributed by atoms with Crippen molar-refractivity contribution >= 4 is 35.0 Å². The first-order valence-corrected chi connectivity index (χ1v) is 12.4. The molecule has 0 radical (unpaired) electrons. The predicted molar refractivity (Wildman–Crippen MR) is 140 cm³/mol. The Morgan fingerprint density at radius 1 is 1.14 bits per heavy atom. The van der Waals surface area contributed by atoms with Crippen molar-refractivity contribution in [3.8, 4) is 0 Å². The summed E-state index contributed by atoms with van der Waals surface area (Å²) >= 11 is 0. The number of rotatable bonds is 6. The molecule has 9 nitrogen and oxygen atoms in total. The maximum absolute atomic E-state index is 12.6. The average Bonchev–Trinajstić information content (AvgIpc) is 3.40. The number of anilines is 4. The van der Waals surface area contributed by atoms with E-state index in [0.717, 1.165) is 41.2 Å². The second-order valence-electron chi connectivity index (χ2n) is 9.43. The van der Waals surface area contributed by atoms with E-state index < -0.39 is 0 Å². The summed E-state index contributed by atoms with van der Waals surface area (Å²) in [4.78, 5) is 42.5. The van der Waals surface area contributed by atoms with E-state index in [1.165, 1.54) is 12.8 Å². The van der Waals surface area contributed by atoms with E-state index >= 15 is 0 Å². The highest BCUT2D eigenvalue weighted by Crippen LogP contribution is 2.36. The molecule has 9 heteroatoms. The molecule has 0 saturated heterocycles. The second kappa shape index (κ2) is 10.3. The molecule has 0 atom stereocenters. The molecule has 186 valence electrons. The zero-order chi connectivity index (χ0) is 25.1. The van der Waals surface area contributed by atoms with Crippen LogP contribution in [0.2, 0.25) is 0 Å². The van der Waals surface area contributed by atoms with Crippen LogP contribution in [-0.2, 0) is 11.3 Å². The standard InChI is InChI=1S/C27H31N7O2/c1-18-15-20(26(36)29-16-19-9-12-28-13-10-19)7-8-22(18)31-27-30-17-23-25(32-27)34(21-5-3-4-6-21)14-11-24(35)33(23)2/h7-10,12-13,15,17,21H,3-6,11,14,16H2,1-2H3,(H,29,36)(H,30,31,32). The quantitative estimate of drug-likeness (QED) is 0.545. The number of carbonyl (C=O) groups excluding carboxylic acids is 2. The van der Waals surface area contributed by atoms with Gasteiger partial charge in [-0.15, -0.1) is 0 Å². The van der Waals surface area contributed by atoms with E-state index in [2.05, 4.69) is 25.5 Å². The Morgan fingerprint density at radius 3 is 2.67 bits per heavy atom. The van der Waals surface area contributed by atoms with Crippen LogP contribution in [0.4, 0.5) is 23.1 Å². The first-order valence-electron chi connectivity index (χ1n) is 12.4. The summed E-state index contributed by atoms with van der Waals surface area (Å²) in [6.07, 6.45) is 10.3. The fourth-order valence-electron chi connectivity index (χ4n) is 4.92. The summed E-state index contributed by atoms with van der Waals surface area (Å²) in [5.41, 5.74) is 4.05. The van der Waals surface area contributed by atoms with Crippen LogP contribution in [0.3, 0.4) is 0 Å². The van der Waals surface area contributed by atoms with Gasteiger partial charge in [-0.2, -0.15) is 4.98 Å². The van der Waals surface area contributed by atoms with Gasteiger partial charge in [0.25, 0.3) is 5.91 Å². The number of benzene rings is 1. The van der Waals surface area contributed by atoms with Crippen molar-refractivity contribution in [1.82, 2.24) is 20.3 Å². The van der Waals surface area contributed by atoms with Crippen molar-refractivity contribution in [1.29, 1.82) is 0 Å². The van der Waals surface area contributed by atoms with Gasteiger partial charge in [0, 0.05) is 56.2 Å². The maximum atomic E-state index is 12.6. The van der Waals surface area contributed by atoms with Crippen LogP contribution in [0, 0.1) is 6.92 Å². The minimum absolute atomic E-state index is 0.0784. The van der Waals surface area contributed by atoms with E-state index in [4.69, 9.17) is 4.98 Å². The van der Waals surface area contributed by atoms with E-state index in [9.17, 15) is 9.59 Å². The van der Waals surface area contributed by atoms with Crippen molar-refractivity contribution in [3.63, 3.8) is 0 Å². The molecule has 1 aromatic carbocycles. The maximum Gasteiger partial charge on any atom is 0.251 e. The summed E-state index contributed by atoms with van der Waals surface area (Å²) in [6.45, 7) is 3.06. The van der Waals surface area contributed by atoms with Crippen molar-refractivity contribution < 1.29 is 9.59 Å². The average molecular weight is 486 g/mol. The van der Waals surface area contributed by atoms with Gasteiger partial charge in [-0.3, -0.25) is 14.6 Å². The number of hydrogen-bond donors (Lipinski definition) is 2. The summed E-state index contributed by atoms with van der Waals surface area (Å²) in [6, 6.07) is 9.66. The molecular weight excluding hydrogens is 454 g/mol. The molecule has 3 aromatic rings. The number of amides is 2. The molecule has 3 heterocycles. The third-order valence-electron chi connectivity index (χ3n) is 7.03. The Bertz CT molecular complexity index is 1260. The monoisotopic (exact) mass is 485 g/mol. The van der Waals surface area contributed by atoms with Gasteiger partial charge in [0.2, 0.25) is 11.9 Å². The van der Waals surface area contributed by atoms with E-state index in [1.54, 1.807) is 36.6 Å². The van der Waals surface area contributed by atoms with Gasteiger partial charge in [0.05, 0.1) is 6.20 Å². The van der Waals surface area contributed by atoms with Crippen molar-refractivity contribution in [2.75, 3.05) is 28.7 Å². The van der Waals surface area contributed by atoms with Gasteiger partial charge < -0.3 is 20.4 Å². The van der Waals surface area contributed by atoms with Crippen LogP contribution in [0.25, 0.3) is 0 Å². The molecule has 5 rings (SSSR count). The molecule has 0 bridgehead atoms. The number of pyridine rings is 1. The normalized spacial score (nSPS) is 16.0. The summed E-state index contributed by atoms with van der Waals surface area (Å²) in [7, 11) is 1.79. The predicted octanol–water partition coefficient (Wildman–Crippen LogP) is 3.97. The molecule has 36 heavy (non-hydrogen) atoms. The van der Waals surface area contributed by atoms with Crippen LogP contribution in [0.5, 0.6) is 0 Å². The molecule has 1 fully saturated rings. The number of nitrogens with zero attached hydrogens (tertiary/aromatic N) is 5. The second-order valence-corrected chi connectivity index (χ2v) is 9.43. The summed E-state index contributed by atoms with van der Waals surface area (Å²) < 4.78 is 0. The first-order chi connectivity index (χ1) is 17.5. The number of nitrogens with one attached hydrogen (secondary N) is 2. The van der Waals surface area contributed by atoms with Crippen LogP contribution in [0.1, 0.15) is 53.6 Å². The topological polar surface area (TPSA) is 103 Å². The Hall–Kier alpha value is -4.01. The van der Waals surface area contributed by atoms with E-state index in [1.807, 2.05) is 31.2 Å². The molecule has 2 aromatic heterocycles. The zero-order valence-electron chi connectivity index (χ0n) is 20.7. The summed E-state index contributed by atoms with van der Waals surface area (Å²) in [5.74, 6) is 1.22. The van der Waals surface area contributed by atoms with Gasteiger partial charge in [0.1, 0.15) is 5.69 Å². The van der Waals surface area contributed by atoms with E-state index in [0.29, 0.717) is 37.1 Å². The third-order valence-corrected chi connectivity index (χ3v) is 7.03. The highest BCUT2D eigenvalue weighted by Gasteiger charge is 2.31. The van der Waals surface area contributed by atoms with Crippen molar-refractivity contribution in [3.05, 3.63) is 65.6 Å². The highest BCUT2D eigenvalue weighted by atomic mass is 16.2. The van der Waals surface area contributed by atoms with Crippen molar-refractivity contribution in [2.45, 2.75) is 51.6 Å². The van der Waals surface area contributed by atoms with Gasteiger partial charge in [-0.1, -0.05) is 12.8 Å². The van der Waals surface area contributed by atoms with Crippen LogP contribution < -0.4 is 20.4 Å². The summed E-state index contributed by atoms with van der Waals surface area (Å²) in [5, 5.41) is 6.25. The van der Waals surface area contributed by atoms with Crippen LogP contribution >= 0.6 is 0 Å². The number of aromatic nitrogens is 3. The van der Waals surface area contributed by atoms with Crippen molar-refractivity contribution in [2.24, 2.45) is 0 Å². The minimum atomic E-state index is -0.136. The third kappa shape index (κ3) is 5.00.